The third-order valence-electron chi connectivity index (χ3n) is 3.05. The van der Waals surface area contributed by atoms with Gasteiger partial charge in [-0.05, 0) is 24.3 Å². The van der Waals surface area contributed by atoms with Gasteiger partial charge in [0.15, 0.2) is 0 Å². The molecule has 0 saturated carbocycles. The number of carbonyl (C=O) groups is 1. The molecule has 1 saturated heterocycles. The number of hydrogen-bond donors (Lipinski definition) is 0. The van der Waals surface area contributed by atoms with Gasteiger partial charge in [0, 0.05) is 32.2 Å². The summed E-state index contributed by atoms with van der Waals surface area (Å²) in [5.41, 5.74) is 0. The average Bonchev–Trinajstić information content (AvgIpc) is 2.88. The molecular formula is C12H16ClN3O3S. The first-order chi connectivity index (χ1) is 9.32. The average molecular weight is 318 g/mol. The Morgan fingerprint density at radius 3 is 2.35 bits per heavy atom. The predicted molar refractivity (Wildman–Crippen MR) is 76.0 cm³/mol. The Bertz CT molecular complexity index is 601. The maximum Gasteiger partial charge on any atom is 0.320 e. The van der Waals surface area contributed by atoms with Crippen molar-refractivity contribution in [1.29, 1.82) is 0 Å². The summed E-state index contributed by atoms with van der Waals surface area (Å²) < 4.78 is 26.1. The minimum absolute atomic E-state index is 0.0714. The second-order valence-electron chi connectivity index (χ2n) is 4.72. The highest BCUT2D eigenvalue weighted by Gasteiger charge is 2.33. The van der Waals surface area contributed by atoms with Crippen LogP contribution in [0.25, 0.3) is 0 Å². The summed E-state index contributed by atoms with van der Waals surface area (Å²) in [6.45, 7) is 0.760. The molecule has 0 N–H and O–H groups in total. The minimum Gasteiger partial charge on any atom is -0.331 e. The molecule has 2 amide bonds. The summed E-state index contributed by atoms with van der Waals surface area (Å²) in [7, 11) is -0.310. The lowest BCUT2D eigenvalue weighted by molar-refractivity contribution is 0.178. The van der Waals surface area contributed by atoms with E-state index in [1.165, 1.54) is 38.4 Å². The zero-order valence-electron chi connectivity index (χ0n) is 11.3. The number of nitrogens with zero attached hydrogens (tertiary/aromatic N) is 3. The number of sulfonamides is 1. The van der Waals surface area contributed by atoms with Gasteiger partial charge >= 0.3 is 6.03 Å². The molecule has 0 aromatic heterocycles. The summed E-state index contributed by atoms with van der Waals surface area (Å²) in [4.78, 5) is 14.9. The number of urea groups is 1. The molecule has 0 bridgehead atoms. The lowest BCUT2D eigenvalue weighted by Crippen LogP contribution is -2.39. The van der Waals surface area contributed by atoms with Gasteiger partial charge in [0.25, 0.3) is 0 Å². The van der Waals surface area contributed by atoms with E-state index in [-0.39, 0.29) is 17.6 Å². The van der Waals surface area contributed by atoms with Gasteiger partial charge in [-0.2, -0.15) is 4.31 Å². The van der Waals surface area contributed by atoms with Crippen LogP contribution in [0.5, 0.6) is 0 Å². The Morgan fingerprint density at radius 1 is 1.20 bits per heavy atom. The van der Waals surface area contributed by atoms with Crippen molar-refractivity contribution in [3.63, 3.8) is 0 Å². The van der Waals surface area contributed by atoms with Gasteiger partial charge in [-0.15, -0.1) is 0 Å². The quantitative estimate of drug-likeness (QED) is 0.825. The van der Waals surface area contributed by atoms with E-state index in [2.05, 4.69) is 0 Å². The first kappa shape index (κ1) is 15.1. The number of hydrogen-bond acceptors (Lipinski definition) is 3. The molecule has 20 heavy (non-hydrogen) atoms. The molecule has 6 nitrogen and oxygen atoms in total. The van der Waals surface area contributed by atoms with E-state index in [0.29, 0.717) is 18.1 Å². The highest BCUT2D eigenvalue weighted by molar-refractivity contribution is 7.89. The van der Waals surface area contributed by atoms with Gasteiger partial charge in [0.1, 0.15) is 0 Å². The molecule has 1 aliphatic rings. The zero-order chi connectivity index (χ0) is 14.9. The monoisotopic (exact) mass is 317 g/mol. The van der Waals surface area contributed by atoms with Crippen LogP contribution in [0.15, 0.2) is 29.2 Å². The summed E-state index contributed by atoms with van der Waals surface area (Å²) in [5.74, 6) is 0. The number of amides is 2. The van der Waals surface area contributed by atoms with Crippen molar-refractivity contribution in [3.8, 4) is 0 Å². The smallest absolute Gasteiger partial charge is 0.320 e. The summed E-state index contributed by atoms with van der Waals surface area (Å²) >= 11 is 5.75. The van der Waals surface area contributed by atoms with Gasteiger partial charge in [-0.1, -0.05) is 11.6 Å². The van der Waals surface area contributed by atoms with Crippen LogP contribution in [-0.4, -0.2) is 62.4 Å². The standard InChI is InChI=1S/C12H16ClN3O3S/c1-14(2)12(17)15-7-8-16(9-15)20(18,19)11-5-3-10(13)4-6-11/h3-6H,7-9H2,1-2H3. The molecule has 1 heterocycles. The highest BCUT2D eigenvalue weighted by atomic mass is 35.5. The molecular weight excluding hydrogens is 302 g/mol. The molecule has 110 valence electrons. The third-order valence-corrected chi connectivity index (χ3v) is 5.15. The Morgan fingerprint density at radius 2 is 1.80 bits per heavy atom. The first-order valence-electron chi connectivity index (χ1n) is 6.04. The minimum atomic E-state index is -3.59. The van der Waals surface area contributed by atoms with Crippen molar-refractivity contribution in [2.24, 2.45) is 0 Å². The highest BCUT2D eigenvalue weighted by Crippen LogP contribution is 2.21. The molecule has 1 aromatic carbocycles. The lowest BCUT2D eigenvalue weighted by atomic mass is 10.4. The van der Waals surface area contributed by atoms with Gasteiger partial charge in [-0.25, -0.2) is 13.2 Å². The second kappa shape index (κ2) is 5.59. The predicted octanol–water partition coefficient (Wildman–Crippen LogP) is 1.29. The SMILES string of the molecule is CN(C)C(=O)N1CCN(S(=O)(=O)c2ccc(Cl)cc2)C1. The van der Waals surface area contributed by atoms with Gasteiger partial charge < -0.3 is 9.80 Å². The summed E-state index contributed by atoms with van der Waals surface area (Å²) in [6, 6.07) is 5.81. The summed E-state index contributed by atoms with van der Waals surface area (Å²) in [5, 5.41) is 0.481. The van der Waals surface area contributed by atoms with E-state index in [1.54, 1.807) is 14.1 Å². The van der Waals surface area contributed by atoms with E-state index in [1.807, 2.05) is 0 Å². The van der Waals surface area contributed by atoms with Crippen molar-refractivity contribution >= 4 is 27.7 Å². The van der Waals surface area contributed by atoms with Crippen molar-refractivity contribution in [3.05, 3.63) is 29.3 Å². The molecule has 0 aliphatic carbocycles. The van der Waals surface area contributed by atoms with Crippen LogP contribution in [0, 0.1) is 0 Å². The zero-order valence-corrected chi connectivity index (χ0v) is 12.9. The molecule has 0 unspecified atom stereocenters. The van der Waals surface area contributed by atoms with Crippen LogP contribution in [0.2, 0.25) is 5.02 Å². The van der Waals surface area contributed by atoms with Crippen LogP contribution >= 0.6 is 11.6 Å². The van der Waals surface area contributed by atoms with Crippen molar-refractivity contribution < 1.29 is 13.2 Å². The molecule has 8 heteroatoms. The molecule has 0 radical (unpaired) electrons. The van der Waals surface area contributed by atoms with Crippen LogP contribution in [0.3, 0.4) is 0 Å². The van der Waals surface area contributed by atoms with E-state index in [0.717, 1.165) is 0 Å². The molecule has 1 aliphatic heterocycles. The number of benzene rings is 1. The van der Waals surface area contributed by atoms with Crippen LogP contribution in [0.4, 0.5) is 4.79 Å². The molecule has 1 fully saturated rings. The van der Waals surface area contributed by atoms with Crippen molar-refractivity contribution in [1.82, 2.24) is 14.1 Å². The van der Waals surface area contributed by atoms with Crippen LogP contribution < -0.4 is 0 Å². The molecule has 0 spiro atoms. The normalized spacial score (nSPS) is 16.4. The van der Waals surface area contributed by atoms with E-state index >= 15 is 0 Å². The number of rotatable bonds is 2. The van der Waals surface area contributed by atoms with Gasteiger partial charge in [-0.3, -0.25) is 0 Å². The maximum atomic E-state index is 12.4. The van der Waals surface area contributed by atoms with Crippen molar-refractivity contribution in [2.45, 2.75) is 4.90 Å². The van der Waals surface area contributed by atoms with Gasteiger partial charge in [0.2, 0.25) is 10.0 Å². The van der Waals surface area contributed by atoms with Crippen LogP contribution in [0.1, 0.15) is 0 Å². The number of halogens is 1. The van der Waals surface area contributed by atoms with Gasteiger partial charge in [0.05, 0.1) is 11.6 Å². The molecule has 2 rings (SSSR count). The Kier molecular flexibility index (Phi) is 4.22. The first-order valence-corrected chi connectivity index (χ1v) is 7.86. The Balaban J connectivity index is 2.16. The topological polar surface area (TPSA) is 60.9 Å². The fourth-order valence-electron chi connectivity index (χ4n) is 1.95. The third kappa shape index (κ3) is 2.89. The van der Waals surface area contributed by atoms with E-state index < -0.39 is 10.0 Å². The summed E-state index contributed by atoms with van der Waals surface area (Å²) in [6.07, 6.45) is 0. The lowest BCUT2D eigenvalue weighted by Gasteiger charge is -2.21. The molecule has 1 aromatic rings. The van der Waals surface area contributed by atoms with E-state index in [4.69, 9.17) is 11.6 Å². The second-order valence-corrected chi connectivity index (χ2v) is 7.09. The largest absolute Gasteiger partial charge is 0.331 e. The Hall–Kier alpha value is -1.31. The maximum absolute atomic E-state index is 12.4. The Labute approximate surface area is 123 Å². The number of carbonyl (C=O) groups excluding carboxylic acids is 1. The fraction of sp³-hybridized carbons (Fsp3) is 0.417. The fourth-order valence-corrected chi connectivity index (χ4v) is 3.47. The van der Waals surface area contributed by atoms with Crippen molar-refractivity contribution in [2.75, 3.05) is 33.9 Å². The van der Waals surface area contributed by atoms with E-state index in [9.17, 15) is 13.2 Å². The molecule has 0 atom stereocenters. The van der Waals surface area contributed by atoms with Crippen LogP contribution in [-0.2, 0) is 10.0 Å².